The Labute approximate surface area is 168 Å². The van der Waals surface area contributed by atoms with E-state index >= 15 is 0 Å². The molecule has 0 spiro atoms. The first-order chi connectivity index (χ1) is 13.7. The zero-order valence-electron chi connectivity index (χ0n) is 14.8. The number of aromatic nitrogens is 2. The number of rotatable bonds is 4. The van der Waals surface area contributed by atoms with E-state index in [1.165, 1.54) is 0 Å². The molecule has 1 aromatic heterocycles. The molecule has 0 unspecified atom stereocenters. The highest BCUT2D eigenvalue weighted by molar-refractivity contribution is 6.30. The maximum absolute atomic E-state index is 8.92. The van der Waals surface area contributed by atoms with Gasteiger partial charge in [-0.3, -0.25) is 0 Å². The van der Waals surface area contributed by atoms with Gasteiger partial charge in [0.2, 0.25) is 0 Å². The first-order valence-electron chi connectivity index (χ1n) is 8.68. The second-order valence-corrected chi connectivity index (χ2v) is 6.57. The number of benzene rings is 3. The molecule has 0 amide bonds. The van der Waals surface area contributed by atoms with E-state index in [4.69, 9.17) is 22.0 Å². The van der Waals surface area contributed by atoms with Gasteiger partial charge in [-0.15, -0.1) is 0 Å². The summed E-state index contributed by atoms with van der Waals surface area (Å²) >= 11 is 6.00. The Balaban J connectivity index is 1.74. The van der Waals surface area contributed by atoms with Gasteiger partial charge < -0.3 is 0 Å². The SMILES string of the molecule is N#Cc1ccc(C=Nc2cc(-c3ccc(Cl)cc3)nn2-c2ccccc2)cc1. The third-order valence-electron chi connectivity index (χ3n) is 4.22. The Hall–Kier alpha value is -3.68. The summed E-state index contributed by atoms with van der Waals surface area (Å²) in [5.74, 6) is 0.709. The summed E-state index contributed by atoms with van der Waals surface area (Å²) in [6.07, 6.45) is 1.77. The van der Waals surface area contributed by atoms with Crippen LogP contribution in [0.4, 0.5) is 5.82 Å². The van der Waals surface area contributed by atoms with Crippen LogP contribution in [0.5, 0.6) is 0 Å². The molecule has 0 saturated carbocycles. The molecule has 134 valence electrons. The van der Waals surface area contributed by atoms with Gasteiger partial charge in [0, 0.05) is 22.9 Å². The molecule has 0 aliphatic carbocycles. The zero-order chi connectivity index (χ0) is 19.3. The molecule has 5 heteroatoms. The van der Waals surface area contributed by atoms with E-state index < -0.39 is 0 Å². The van der Waals surface area contributed by atoms with Gasteiger partial charge in [0.15, 0.2) is 5.82 Å². The summed E-state index contributed by atoms with van der Waals surface area (Å²) in [6.45, 7) is 0. The fourth-order valence-corrected chi connectivity index (χ4v) is 2.89. The largest absolute Gasteiger partial charge is 0.236 e. The van der Waals surface area contributed by atoms with E-state index in [0.29, 0.717) is 16.4 Å². The van der Waals surface area contributed by atoms with E-state index in [9.17, 15) is 0 Å². The normalized spacial score (nSPS) is 10.9. The predicted molar refractivity (Wildman–Crippen MR) is 112 cm³/mol. The number of halogens is 1. The first kappa shape index (κ1) is 17.7. The second kappa shape index (κ2) is 7.91. The third kappa shape index (κ3) is 3.85. The average Bonchev–Trinajstić information content (AvgIpc) is 3.18. The quantitative estimate of drug-likeness (QED) is 0.418. The summed E-state index contributed by atoms with van der Waals surface area (Å²) in [5, 5.41) is 14.3. The van der Waals surface area contributed by atoms with Crippen LogP contribution in [-0.4, -0.2) is 16.0 Å². The predicted octanol–water partition coefficient (Wildman–Crippen LogP) is 5.81. The smallest absolute Gasteiger partial charge is 0.156 e. The summed E-state index contributed by atoms with van der Waals surface area (Å²) in [6, 6.07) is 28.8. The second-order valence-electron chi connectivity index (χ2n) is 6.13. The van der Waals surface area contributed by atoms with Crippen molar-refractivity contribution in [1.82, 2.24) is 9.78 Å². The summed E-state index contributed by atoms with van der Waals surface area (Å²) < 4.78 is 1.81. The molecule has 28 heavy (non-hydrogen) atoms. The summed E-state index contributed by atoms with van der Waals surface area (Å²) in [7, 11) is 0. The molecule has 0 radical (unpaired) electrons. The minimum atomic E-state index is 0.622. The van der Waals surface area contributed by atoms with Gasteiger partial charge in [-0.2, -0.15) is 10.4 Å². The van der Waals surface area contributed by atoms with Crippen molar-refractivity contribution in [2.45, 2.75) is 0 Å². The lowest BCUT2D eigenvalue weighted by Gasteiger charge is -2.03. The van der Waals surface area contributed by atoms with Crippen LogP contribution in [0, 0.1) is 11.3 Å². The van der Waals surface area contributed by atoms with Crippen LogP contribution in [0.15, 0.2) is 89.9 Å². The third-order valence-corrected chi connectivity index (χ3v) is 4.47. The Morgan fingerprint density at radius 2 is 1.64 bits per heavy atom. The molecular formula is C23H15ClN4. The highest BCUT2D eigenvalue weighted by Gasteiger charge is 2.10. The van der Waals surface area contributed by atoms with Crippen molar-refractivity contribution < 1.29 is 0 Å². The lowest BCUT2D eigenvalue weighted by atomic mass is 10.1. The van der Waals surface area contributed by atoms with Crippen LogP contribution in [0.1, 0.15) is 11.1 Å². The molecule has 4 nitrogen and oxygen atoms in total. The Morgan fingerprint density at radius 1 is 0.929 bits per heavy atom. The number of nitriles is 1. The van der Waals surface area contributed by atoms with Crippen molar-refractivity contribution in [1.29, 1.82) is 5.26 Å². The Kier molecular flexibility index (Phi) is 5.01. The van der Waals surface area contributed by atoms with Crippen LogP contribution in [-0.2, 0) is 0 Å². The average molecular weight is 383 g/mol. The van der Waals surface area contributed by atoms with Crippen molar-refractivity contribution in [2.24, 2.45) is 4.99 Å². The number of aliphatic imine (C=N–C) groups is 1. The topological polar surface area (TPSA) is 54.0 Å². The number of hydrogen-bond donors (Lipinski definition) is 0. The van der Waals surface area contributed by atoms with Gasteiger partial charge in [-0.25, -0.2) is 9.67 Å². The van der Waals surface area contributed by atoms with Crippen molar-refractivity contribution in [3.63, 3.8) is 0 Å². The zero-order valence-corrected chi connectivity index (χ0v) is 15.6. The van der Waals surface area contributed by atoms with Gasteiger partial charge >= 0.3 is 0 Å². The number of para-hydroxylation sites is 1. The van der Waals surface area contributed by atoms with E-state index in [2.05, 4.69) is 11.1 Å². The van der Waals surface area contributed by atoms with Crippen LogP contribution >= 0.6 is 11.6 Å². The molecule has 0 atom stereocenters. The van der Waals surface area contributed by atoms with E-state index in [1.54, 1.807) is 18.3 Å². The molecule has 0 bridgehead atoms. The van der Waals surface area contributed by atoms with Crippen molar-refractivity contribution in [3.05, 3.63) is 101 Å². The highest BCUT2D eigenvalue weighted by atomic mass is 35.5. The lowest BCUT2D eigenvalue weighted by Crippen LogP contribution is -1.96. The molecule has 0 saturated heterocycles. The molecule has 1 heterocycles. The molecule has 0 aliphatic rings. The van der Waals surface area contributed by atoms with E-state index in [1.807, 2.05) is 77.5 Å². The minimum absolute atomic E-state index is 0.622. The summed E-state index contributed by atoms with van der Waals surface area (Å²) in [4.78, 5) is 4.64. The maximum atomic E-state index is 8.92. The molecule has 0 N–H and O–H groups in total. The fraction of sp³-hybridized carbons (Fsp3) is 0. The van der Waals surface area contributed by atoms with Crippen molar-refractivity contribution >= 4 is 23.6 Å². The minimum Gasteiger partial charge on any atom is -0.236 e. The van der Waals surface area contributed by atoms with Crippen LogP contribution in [0.25, 0.3) is 16.9 Å². The van der Waals surface area contributed by atoms with Gasteiger partial charge in [0.1, 0.15) is 0 Å². The van der Waals surface area contributed by atoms with Crippen molar-refractivity contribution in [2.75, 3.05) is 0 Å². The monoisotopic (exact) mass is 382 g/mol. The number of nitrogens with zero attached hydrogens (tertiary/aromatic N) is 4. The van der Waals surface area contributed by atoms with Crippen LogP contribution in [0.2, 0.25) is 5.02 Å². The number of hydrogen-bond acceptors (Lipinski definition) is 3. The summed E-state index contributed by atoms with van der Waals surface area (Å²) in [5.41, 5.74) is 4.24. The molecule has 0 aliphatic heterocycles. The molecular weight excluding hydrogens is 368 g/mol. The van der Waals surface area contributed by atoms with Crippen LogP contribution < -0.4 is 0 Å². The van der Waals surface area contributed by atoms with Gasteiger partial charge in [0.05, 0.1) is 23.0 Å². The standard InChI is InChI=1S/C23H15ClN4/c24-20-12-10-19(11-13-20)22-14-23(28(27-22)21-4-2-1-3-5-21)26-16-18-8-6-17(15-25)7-9-18/h1-14,16H. The van der Waals surface area contributed by atoms with Crippen molar-refractivity contribution in [3.8, 4) is 23.0 Å². The molecule has 4 aromatic rings. The molecule has 4 rings (SSSR count). The maximum Gasteiger partial charge on any atom is 0.156 e. The van der Waals surface area contributed by atoms with Gasteiger partial charge in [-0.05, 0) is 42.0 Å². The molecule has 3 aromatic carbocycles. The molecule has 0 fully saturated rings. The van der Waals surface area contributed by atoms with Gasteiger partial charge in [-0.1, -0.05) is 54.1 Å². The Bertz CT molecular complexity index is 1150. The van der Waals surface area contributed by atoms with E-state index in [0.717, 1.165) is 22.5 Å². The van der Waals surface area contributed by atoms with E-state index in [-0.39, 0.29) is 0 Å². The first-order valence-corrected chi connectivity index (χ1v) is 9.06. The Morgan fingerprint density at radius 3 is 2.32 bits per heavy atom. The highest BCUT2D eigenvalue weighted by Crippen LogP contribution is 2.27. The van der Waals surface area contributed by atoms with Crippen LogP contribution in [0.3, 0.4) is 0 Å². The van der Waals surface area contributed by atoms with Gasteiger partial charge in [0.25, 0.3) is 0 Å². The fourth-order valence-electron chi connectivity index (χ4n) is 2.77. The lowest BCUT2D eigenvalue weighted by molar-refractivity contribution is 0.885.